The first-order valence-electron chi connectivity index (χ1n) is 19.5. The van der Waals surface area contributed by atoms with Gasteiger partial charge in [0.15, 0.2) is 0 Å². The third-order valence-electron chi connectivity index (χ3n) is 11.7. The van der Waals surface area contributed by atoms with E-state index in [4.69, 9.17) is 4.42 Å². The van der Waals surface area contributed by atoms with Crippen LogP contribution in [-0.4, -0.2) is 4.57 Å². The lowest BCUT2D eigenvalue weighted by molar-refractivity contribution is 0.669. The van der Waals surface area contributed by atoms with E-state index in [1.165, 1.54) is 59.9 Å². The lowest BCUT2D eigenvalue weighted by Gasteiger charge is -2.26. The Bertz CT molecular complexity index is 3530. The van der Waals surface area contributed by atoms with E-state index >= 15 is 0 Å². The summed E-state index contributed by atoms with van der Waals surface area (Å²) in [6.07, 6.45) is 0. The van der Waals surface area contributed by atoms with Gasteiger partial charge in [0.25, 0.3) is 0 Å². The molecule has 266 valence electrons. The van der Waals surface area contributed by atoms with Crippen LogP contribution in [-0.2, 0) is 0 Å². The summed E-state index contributed by atoms with van der Waals surface area (Å²) in [5, 5.41) is 12.0. The van der Waals surface area contributed by atoms with Gasteiger partial charge < -0.3 is 13.9 Å². The molecule has 0 saturated carbocycles. The summed E-state index contributed by atoms with van der Waals surface area (Å²) in [4.78, 5) is 2.38. The fourth-order valence-electron chi connectivity index (χ4n) is 8.91. The maximum absolute atomic E-state index is 6.35. The quantitative estimate of drug-likeness (QED) is 0.176. The first-order chi connectivity index (χ1) is 28.2. The van der Waals surface area contributed by atoms with Crippen molar-refractivity contribution in [2.45, 2.75) is 0 Å². The normalized spacial score (nSPS) is 11.9. The van der Waals surface area contributed by atoms with E-state index in [0.717, 1.165) is 50.1 Å². The Labute approximate surface area is 328 Å². The second-order valence-electron chi connectivity index (χ2n) is 15.0. The van der Waals surface area contributed by atoms with Crippen LogP contribution in [0.3, 0.4) is 0 Å². The Morgan fingerprint density at radius 2 is 0.912 bits per heavy atom. The molecule has 12 rings (SSSR count). The van der Waals surface area contributed by atoms with Crippen LogP contribution in [0.4, 0.5) is 17.1 Å². The zero-order valence-electron chi connectivity index (χ0n) is 30.9. The van der Waals surface area contributed by atoms with Crippen LogP contribution < -0.4 is 4.90 Å². The maximum Gasteiger partial charge on any atom is 0.136 e. The van der Waals surface area contributed by atoms with Gasteiger partial charge in [-0.25, -0.2) is 0 Å². The van der Waals surface area contributed by atoms with Crippen molar-refractivity contribution in [1.82, 2.24) is 4.57 Å². The van der Waals surface area contributed by atoms with E-state index < -0.39 is 0 Å². The summed E-state index contributed by atoms with van der Waals surface area (Å²) in [5.41, 5.74) is 11.0. The van der Waals surface area contributed by atoms with E-state index in [9.17, 15) is 0 Å². The summed E-state index contributed by atoms with van der Waals surface area (Å²) < 4.78 is 8.75. The van der Waals surface area contributed by atoms with Crippen LogP contribution in [0, 0.1) is 0 Å². The van der Waals surface area contributed by atoms with Crippen LogP contribution in [0.2, 0.25) is 0 Å². The molecule has 0 spiro atoms. The molecule has 10 aromatic carbocycles. The predicted molar refractivity (Wildman–Crippen MR) is 241 cm³/mol. The number of aromatic nitrogens is 1. The number of para-hydroxylation sites is 2. The molecule has 0 saturated heterocycles. The third kappa shape index (κ3) is 5.13. The summed E-state index contributed by atoms with van der Waals surface area (Å²) in [6.45, 7) is 0. The molecule has 0 aliphatic heterocycles. The summed E-state index contributed by atoms with van der Waals surface area (Å²) in [5.74, 6) is 0. The molecule has 0 unspecified atom stereocenters. The highest BCUT2D eigenvalue weighted by Gasteiger charge is 2.19. The van der Waals surface area contributed by atoms with Crippen molar-refractivity contribution in [3.63, 3.8) is 0 Å². The number of rotatable bonds is 5. The van der Waals surface area contributed by atoms with Crippen molar-refractivity contribution in [2.24, 2.45) is 0 Å². The van der Waals surface area contributed by atoms with E-state index in [-0.39, 0.29) is 0 Å². The first-order valence-corrected chi connectivity index (χ1v) is 19.5. The van der Waals surface area contributed by atoms with Gasteiger partial charge in [0.1, 0.15) is 11.2 Å². The van der Waals surface area contributed by atoms with Crippen LogP contribution in [0.15, 0.2) is 211 Å². The first kappa shape index (κ1) is 31.7. The molecule has 2 aromatic heterocycles. The van der Waals surface area contributed by atoms with E-state index in [1.807, 2.05) is 12.1 Å². The van der Waals surface area contributed by atoms with Gasteiger partial charge in [-0.15, -0.1) is 0 Å². The van der Waals surface area contributed by atoms with E-state index in [2.05, 4.69) is 204 Å². The minimum Gasteiger partial charge on any atom is -0.456 e. The van der Waals surface area contributed by atoms with Crippen LogP contribution in [0.1, 0.15) is 0 Å². The molecule has 0 N–H and O–H groups in total. The molecule has 0 aliphatic carbocycles. The molecule has 0 aliphatic rings. The van der Waals surface area contributed by atoms with Crippen molar-refractivity contribution in [2.75, 3.05) is 4.90 Å². The number of furan rings is 1. The Kier molecular flexibility index (Phi) is 6.93. The van der Waals surface area contributed by atoms with Crippen LogP contribution in [0.5, 0.6) is 0 Å². The number of hydrogen-bond acceptors (Lipinski definition) is 2. The SMILES string of the molecule is c1ccc2cc(-c3ccc(N(c4ccc5cc6c(cc5c4)oc4ccccc46)c4ccc5c(c4)c4ccccc4n5-c4ccc5ccccc5c4)cc3)ccc2c1. The van der Waals surface area contributed by atoms with Gasteiger partial charge in [-0.3, -0.25) is 0 Å². The van der Waals surface area contributed by atoms with Crippen LogP contribution in [0.25, 0.3) is 92.9 Å². The Hall–Kier alpha value is -7.62. The fraction of sp³-hybridized carbons (Fsp3) is 0. The number of fused-ring (bicyclic) bond motifs is 9. The van der Waals surface area contributed by atoms with E-state index in [1.54, 1.807) is 0 Å². The van der Waals surface area contributed by atoms with Gasteiger partial charge in [-0.1, -0.05) is 121 Å². The lowest BCUT2D eigenvalue weighted by atomic mass is 10.0. The predicted octanol–water partition coefficient (Wildman–Crippen LogP) is 15.3. The largest absolute Gasteiger partial charge is 0.456 e. The molecule has 0 bridgehead atoms. The van der Waals surface area contributed by atoms with Gasteiger partial charge in [0.2, 0.25) is 0 Å². The van der Waals surface area contributed by atoms with Crippen molar-refractivity contribution in [3.8, 4) is 16.8 Å². The molecule has 0 amide bonds. The standard InChI is InChI=1S/C54H34N2O/c1-3-11-38-29-40(18-17-35(38)9-1)37-19-23-43(24-20-37)55(44-26-22-41-32-50-48-14-6-8-16-53(48)57-54(50)33-42(41)31-44)46-27-28-52-49(34-46)47-13-5-7-15-51(47)56(52)45-25-21-36-10-2-4-12-39(36)30-45/h1-34H. The average Bonchev–Trinajstić information content (AvgIpc) is 3.80. The minimum atomic E-state index is 0.898. The second kappa shape index (κ2) is 12.5. The van der Waals surface area contributed by atoms with E-state index in [0.29, 0.717) is 0 Å². The Morgan fingerprint density at radius 1 is 0.316 bits per heavy atom. The third-order valence-corrected chi connectivity index (χ3v) is 11.7. The maximum atomic E-state index is 6.35. The van der Waals surface area contributed by atoms with Crippen molar-refractivity contribution >= 4 is 93.1 Å². The second-order valence-corrected chi connectivity index (χ2v) is 15.0. The number of hydrogen-bond donors (Lipinski definition) is 0. The zero-order valence-corrected chi connectivity index (χ0v) is 30.9. The van der Waals surface area contributed by atoms with Gasteiger partial charge >= 0.3 is 0 Å². The number of nitrogens with zero attached hydrogens (tertiary/aromatic N) is 2. The molecule has 0 radical (unpaired) electrons. The highest BCUT2D eigenvalue weighted by Crippen LogP contribution is 2.42. The smallest absolute Gasteiger partial charge is 0.136 e. The summed E-state index contributed by atoms with van der Waals surface area (Å²) in [6, 6.07) is 74.8. The van der Waals surface area contributed by atoms with Crippen molar-refractivity contribution in [1.29, 1.82) is 0 Å². The number of benzene rings is 10. The average molecular weight is 727 g/mol. The molecule has 12 aromatic rings. The Morgan fingerprint density at radius 3 is 1.75 bits per heavy atom. The van der Waals surface area contributed by atoms with Crippen LogP contribution >= 0.6 is 0 Å². The fourth-order valence-corrected chi connectivity index (χ4v) is 8.91. The number of anilines is 3. The Balaban J connectivity index is 1.04. The zero-order chi connectivity index (χ0) is 37.5. The topological polar surface area (TPSA) is 21.3 Å². The van der Waals surface area contributed by atoms with Gasteiger partial charge in [0.05, 0.1) is 11.0 Å². The molecule has 2 heterocycles. The molecule has 3 heteroatoms. The molecule has 0 atom stereocenters. The molecule has 3 nitrogen and oxygen atoms in total. The highest BCUT2D eigenvalue weighted by atomic mass is 16.3. The highest BCUT2D eigenvalue weighted by molar-refractivity contribution is 6.12. The molecular weight excluding hydrogens is 693 g/mol. The van der Waals surface area contributed by atoms with Crippen molar-refractivity contribution in [3.05, 3.63) is 206 Å². The monoisotopic (exact) mass is 726 g/mol. The lowest BCUT2D eigenvalue weighted by Crippen LogP contribution is -2.10. The van der Waals surface area contributed by atoms with Crippen molar-refractivity contribution < 1.29 is 4.42 Å². The summed E-state index contributed by atoms with van der Waals surface area (Å²) >= 11 is 0. The molecular formula is C54H34N2O. The molecule has 0 fully saturated rings. The van der Waals surface area contributed by atoms with Gasteiger partial charge in [-0.05, 0) is 128 Å². The van der Waals surface area contributed by atoms with Gasteiger partial charge in [-0.2, -0.15) is 0 Å². The molecule has 57 heavy (non-hydrogen) atoms. The minimum absolute atomic E-state index is 0.898. The van der Waals surface area contributed by atoms with Gasteiger partial charge in [0, 0.05) is 44.3 Å². The summed E-state index contributed by atoms with van der Waals surface area (Å²) in [7, 11) is 0.